The zero-order valence-corrected chi connectivity index (χ0v) is 8.04. The van der Waals surface area contributed by atoms with E-state index in [1.807, 2.05) is 17.5 Å². The van der Waals surface area contributed by atoms with Gasteiger partial charge in [-0.25, -0.2) is 4.98 Å². The summed E-state index contributed by atoms with van der Waals surface area (Å²) in [7, 11) is 5.54. The molecule has 0 aromatic carbocycles. The fourth-order valence-corrected chi connectivity index (χ4v) is 1.60. The van der Waals surface area contributed by atoms with Crippen molar-refractivity contribution >= 4 is 35.0 Å². The lowest BCUT2D eigenvalue weighted by Crippen LogP contribution is -2.10. The average molecular weight is 222 g/mol. The van der Waals surface area contributed by atoms with E-state index in [9.17, 15) is 0 Å². The Kier molecular flexibility index (Phi) is 1.68. The van der Waals surface area contributed by atoms with Gasteiger partial charge in [-0.05, 0) is 22.9 Å². The highest BCUT2D eigenvalue weighted by atomic mass is 79.9. The Hall–Kier alpha value is -0.835. The molecular formula is C7H5BBrN3. The lowest BCUT2D eigenvalue weighted by atomic mass is 10.1. The maximum atomic E-state index is 5.54. The third-order valence-corrected chi connectivity index (χ3v) is 2.07. The van der Waals surface area contributed by atoms with Gasteiger partial charge in [0.25, 0.3) is 0 Å². The Bertz CT molecular complexity index is 437. The second-order valence-electron chi connectivity index (χ2n) is 2.57. The number of hydrogen-bond donors (Lipinski definition) is 0. The van der Waals surface area contributed by atoms with E-state index in [-0.39, 0.29) is 0 Å². The smallest absolute Gasteiger partial charge is 0.170 e. The van der Waals surface area contributed by atoms with Gasteiger partial charge in [-0.15, -0.1) is 0 Å². The monoisotopic (exact) mass is 221 g/mol. The van der Waals surface area contributed by atoms with Crippen LogP contribution in [0.5, 0.6) is 0 Å². The van der Waals surface area contributed by atoms with E-state index < -0.39 is 0 Å². The van der Waals surface area contributed by atoms with E-state index in [1.54, 1.807) is 6.20 Å². The van der Waals surface area contributed by atoms with Crippen molar-refractivity contribution in [3.8, 4) is 0 Å². The number of rotatable bonds is 0. The first-order valence-corrected chi connectivity index (χ1v) is 4.23. The number of fused-ring (bicyclic) bond motifs is 1. The molecule has 0 amide bonds. The summed E-state index contributed by atoms with van der Waals surface area (Å²) >= 11 is 3.29. The van der Waals surface area contributed by atoms with Gasteiger partial charge in [0, 0.05) is 18.0 Å². The van der Waals surface area contributed by atoms with Crippen LogP contribution in [0.4, 0.5) is 0 Å². The van der Waals surface area contributed by atoms with Gasteiger partial charge in [-0.1, -0.05) is 0 Å². The highest BCUT2D eigenvalue weighted by Gasteiger charge is 2.03. The molecule has 2 radical (unpaired) electrons. The second-order valence-corrected chi connectivity index (χ2v) is 3.32. The molecule has 0 saturated heterocycles. The van der Waals surface area contributed by atoms with Gasteiger partial charge >= 0.3 is 0 Å². The van der Waals surface area contributed by atoms with E-state index in [1.165, 1.54) is 0 Å². The Morgan fingerprint density at radius 2 is 2.17 bits per heavy atom. The zero-order chi connectivity index (χ0) is 8.72. The maximum absolute atomic E-state index is 5.54. The van der Waals surface area contributed by atoms with Crippen molar-refractivity contribution in [1.29, 1.82) is 0 Å². The molecule has 0 aliphatic rings. The molecule has 2 aromatic heterocycles. The molecule has 0 unspecified atom stereocenters. The molecule has 0 bridgehead atoms. The summed E-state index contributed by atoms with van der Waals surface area (Å²) in [6, 6.07) is 0. The molecule has 12 heavy (non-hydrogen) atoms. The minimum Gasteiger partial charge on any atom is -0.304 e. The second kappa shape index (κ2) is 2.59. The molecule has 0 aliphatic heterocycles. The SMILES string of the molecule is [B]c1cn2cc(C)nc2c(Br)n1. The molecule has 0 spiro atoms. The third kappa shape index (κ3) is 1.14. The van der Waals surface area contributed by atoms with Crippen molar-refractivity contribution in [3.63, 3.8) is 0 Å². The first kappa shape index (κ1) is 7.80. The standard InChI is InChI=1S/C7H5BBrN3/c1-4-2-12-3-5(8)11-6(9)7(12)10-4/h2-3H,1H3. The van der Waals surface area contributed by atoms with Gasteiger partial charge in [0.15, 0.2) is 5.65 Å². The summed E-state index contributed by atoms with van der Waals surface area (Å²) in [4.78, 5) is 8.28. The maximum Gasteiger partial charge on any atom is 0.170 e. The normalized spacial score (nSPS) is 10.8. The number of hydrogen-bond acceptors (Lipinski definition) is 2. The van der Waals surface area contributed by atoms with E-state index in [0.29, 0.717) is 10.2 Å². The Morgan fingerprint density at radius 1 is 1.42 bits per heavy atom. The average Bonchev–Trinajstić information content (AvgIpc) is 2.29. The Balaban J connectivity index is 2.88. The van der Waals surface area contributed by atoms with Crippen molar-refractivity contribution < 1.29 is 0 Å². The molecule has 3 nitrogen and oxygen atoms in total. The molecule has 58 valence electrons. The summed E-state index contributed by atoms with van der Waals surface area (Å²) in [5.74, 6) is 0. The van der Waals surface area contributed by atoms with Crippen molar-refractivity contribution in [1.82, 2.24) is 14.4 Å². The summed E-state index contributed by atoms with van der Waals surface area (Å²) in [5.41, 5.74) is 2.22. The Labute approximate surface area is 79.4 Å². The quantitative estimate of drug-likeness (QED) is 0.610. The van der Waals surface area contributed by atoms with Crippen LogP contribution in [0, 0.1) is 6.92 Å². The molecule has 2 rings (SSSR count). The number of aryl methyl sites for hydroxylation is 1. The van der Waals surface area contributed by atoms with E-state index >= 15 is 0 Å². The van der Waals surface area contributed by atoms with Crippen molar-refractivity contribution in [2.75, 3.05) is 0 Å². The summed E-state index contributed by atoms with van der Waals surface area (Å²) < 4.78 is 2.53. The van der Waals surface area contributed by atoms with Crippen molar-refractivity contribution in [2.45, 2.75) is 6.92 Å². The van der Waals surface area contributed by atoms with Crippen LogP contribution in [0.3, 0.4) is 0 Å². The summed E-state index contributed by atoms with van der Waals surface area (Å²) in [6.45, 7) is 1.93. The first-order valence-electron chi connectivity index (χ1n) is 3.44. The third-order valence-electron chi connectivity index (χ3n) is 1.54. The minimum absolute atomic E-state index is 0.478. The van der Waals surface area contributed by atoms with Crippen LogP contribution < -0.4 is 5.59 Å². The molecule has 0 aliphatic carbocycles. The molecule has 2 aromatic rings. The number of nitrogens with zero attached hydrogens (tertiary/aromatic N) is 3. The van der Waals surface area contributed by atoms with Crippen molar-refractivity contribution in [3.05, 3.63) is 22.7 Å². The molecule has 0 saturated carbocycles. The molecular weight excluding hydrogens is 217 g/mol. The van der Waals surface area contributed by atoms with Gasteiger partial charge in [0.1, 0.15) is 12.4 Å². The first-order chi connectivity index (χ1) is 5.66. The largest absolute Gasteiger partial charge is 0.304 e. The predicted octanol–water partition coefficient (Wildman–Crippen LogP) is 0.594. The van der Waals surface area contributed by atoms with Crippen LogP contribution in [-0.4, -0.2) is 22.2 Å². The fourth-order valence-electron chi connectivity index (χ4n) is 1.10. The summed E-state index contributed by atoms with van der Waals surface area (Å²) in [6.07, 6.45) is 3.64. The molecule has 0 atom stereocenters. The lowest BCUT2D eigenvalue weighted by Gasteiger charge is -1.97. The number of halogens is 1. The van der Waals surface area contributed by atoms with Gasteiger partial charge in [0.2, 0.25) is 0 Å². The zero-order valence-electron chi connectivity index (χ0n) is 6.45. The van der Waals surface area contributed by atoms with Crippen LogP contribution in [0.1, 0.15) is 5.69 Å². The lowest BCUT2D eigenvalue weighted by molar-refractivity contribution is 1.13. The Morgan fingerprint density at radius 3 is 2.92 bits per heavy atom. The predicted molar refractivity (Wildman–Crippen MR) is 50.8 cm³/mol. The summed E-state index contributed by atoms with van der Waals surface area (Å²) in [5, 5.41) is 0. The molecule has 0 fully saturated rings. The van der Waals surface area contributed by atoms with Gasteiger partial charge < -0.3 is 4.40 Å². The highest BCUT2D eigenvalue weighted by Crippen LogP contribution is 2.12. The molecule has 2 heterocycles. The van der Waals surface area contributed by atoms with Crippen LogP contribution in [0.2, 0.25) is 0 Å². The minimum atomic E-state index is 0.478. The van der Waals surface area contributed by atoms with E-state index in [0.717, 1.165) is 11.3 Å². The van der Waals surface area contributed by atoms with Crippen LogP contribution in [-0.2, 0) is 0 Å². The van der Waals surface area contributed by atoms with Gasteiger partial charge in [-0.2, -0.15) is 0 Å². The number of aromatic nitrogens is 3. The van der Waals surface area contributed by atoms with E-state index in [2.05, 4.69) is 25.9 Å². The fraction of sp³-hybridized carbons (Fsp3) is 0.143. The van der Waals surface area contributed by atoms with Crippen LogP contribution >= 0.6 is 15.9 Å². The topological polar surface area (TPSA) is 30.2 Å². The van der Waals surface area contributed by atoms with Gasteiger partial charge in [0.05, 0.1) is 5.69 Å². The van der Waals surface area contributed by atoms with Crippen molar-refractivity contribution in [2.24, 2.45) is 0 Å². The van der Waals surface area contributed by atoms with Crippen LogP contribution in [0.15, 0.2) is 17.0 Å². The highest BCUT2D eigenvalue weighted by molar-refractivity contribution is 9.10. The van der Waals surface area contributed by atoms with Gasteiger partial charge in [-0.3, -0.25) is 4.98 Å². The van der Waals surface area contributed by atoms with E-state index in [4.69, 9.17) is 7.85 Å². The van der Waals surface area contributed by atoms with Crippen LogP contribution in [0.25, 0.3) is 5.65 Å². The molecule has 0 N–H and O–H groups in total. The molecule has 5 heteroatoms. The number of imidazole rings is 1.